The minimum atomic E-state index is -3.53. The predicted octanol–water partition coefficient (Wildman–Crippen LogP) is 4.35. The van der Waals surface area contributed by atoms with E-state index in [0.29, 0.717) is 37.0 Å². The van der Waals surface area contributed by atoms with Crippen molar-refractivity contribution in [2.45, 2.75) is 61.0 Å². The highest BCUT2D eigenvalue weighted by Gasteiger charge is 2.36. The summed E-state index contributed by atoms with van der Waals surface area (Å²) in [6.07, 6.45) is 9.87. The first kappa shape index (κ1) is 25.1. The normalized spacial score (nSPS) is 19.1. The van der Waals surface area contributed by atoms with E-state index < -0.39 is 25.7 Å². The third-order valence-electron chi connectivity index (χ3n) is 7.23. The summed E-state index contributed by atoms with van der Waals surface area (Å²) in [5.41, 5.74) is 1.88. The zero-order chi connectivity index (χ0) is 25.5. The maximum atomic E-state index is 14.6. The first-order valence-electron chi connectivity index (χ1n) is 12.1. The standard InChI is InChI=1S/C24H29FN4O5S2/c1-35(30,31)18-7-8-21(20(25)13-18)28-24-23-22(26-15-27-24)19(14-34-23)16-9-11-29(12-10-16)36(32,33)17-5-3-2-4-6-17/h7-8,13-17H,2-6,9-12H2,1H3,(H,26,27,28). The van der Waals surface area contributed by atoms with Crippen molar-refractivity contribution in [1.29, 1.82) is 0 Å². The van der Waals surface area contributed by atoms with E-state index in [0.717, 1.165) is 50.0 Å². The van der Waals surface area contributed by atoms with Gasteiger partial charge < -0.3 is 9.73 Å². The molecule has 1 aliphatic heterocycles. The molecule has 0 amide bonds. The molecule has 0 unspecified atom stereocenters. The monoisotopic (exact) mass is 536 g/mol. The average Bonchev–Trinajstić information content (AvgIpc) is 3.30. The summed E-state index contributed by atoms with van der Waals surface area (Å²) < 4.78 is 71.5. The van der Waals surface area contributed by atoms with Gasteiger partial charge in [-0.15, -0.1) is 0 Å². The molecule has 12 heteroatoms. The first-order chi connectivity index (χ1) is 17.1. The van der Waals surface area contributed by atoms with Gasteiger partial charge in [-0.2, -0.15) is 0 Å². The van der Waals surface area contributed by atoms with Crippen LogP contribution in [0.4, 0.5) is 15.9 Å². The van der Waals surface area contributed by atoms with Gasteiger partial charge in [0.1, 0.15) is 17.7 Å². The van der Waals surface area contributed by atoms with E-state index in [1.807, 2.05) is 0 Å². The molecule has 5 rings (SSSR count). The van der Waals surface area contributed by atoms with Gasteiger partial charge in [0.2, 0.25) is 10.0 Å². The van der Waals surface area contributed by atoms with Crippen LogP contribution in [0.15, 0.2) is 40.1 Å². The Labute approximate surface area is 210 Å². The van der Waals surface area contributed by atoms with Crippen molar-refractivity contribution in [3.8, 4) is 0 Å². The van der Waals surface area contributed by atoms with Crippen LogP contribution in [0.3, 0.4) is 0 Å². The molecular formula is C24H29FN4O5S2. The molecule has 1 aromatic carbocycles. The number of hydrogen-bond acceptors (Lipinski definition) is 8. The van der Waals surface area contributed by atoms with Crippen LogP contribution in [0.1, 0.15) is 56.4 Å². The van der Waals surface area contributed by atoms with Crippen molar-refractivity contribution in [1.82, 2.24) is 14.3 Å². The van der Waals surface area contributed by atoms with Crippen molar-refractivity contribution in [2.24, 2.45) is 0 Å². The average molecular weight is 537 g/mol. The van der Waals surface area contributed by atoms with Crippen LogP contribution < -0.4 is 5.32 Å². The minimum Gasteiger partial charge on any atom is -0.458 e. The van der Waals surface area contributed by atoms with Gasteiger partial charge in [0.25, 0.3) is 0 Å². The Kier molecular flexibility index (Phi) is 6.77. The molecule has 3 aromatic rings. The number of benzene rings is 1. The Hall–Kier alpha value is -2.57. The summed E-state index contributed by atoms with van der Waals surface area (Å²) in [4.78, 5) is 8.44. The molecule has 1 saturated carbocycles. The highest BCUT2D eigenvalue weighted by Crippen LogP contribution is 2.37. The molecule has 1 N–H and O–H groups in total. The number of nitrogens with zero attached hydrogens (tertiary/aromatic N) is 3. The van der Waals surface area contributed by atoms with Crippen LogP contribution in [0.2, 0.25) is 0 Å². The fourth-order valence-electron chi connectivity index (χ4n) is 5.20. The van der Waals surface area contributed by atoms with Crippen molar-refractivity contribution < 1.29 is 25.6 Å². The van der Waals surface area contributed by atoms with Crippen LogP contribution >= 0.6 is 0 Å². The van der Waals surface area contributed by atoms with Crippen molar-refractivity contribution in [3.63, 3.8) is 0 Å². The molecule has 9 nitrogen and oxygen atoms in total. The second-order valence-electron chi connectivity index (χ2n) is 9.61. The fourth-order valence-corrected chi connectivity index (χ4v) is 7.90. The highest BCUT2D eigenvalue weighted by molar-refractivity contribution is 7.90. The van der Waals surface area contributed by atoms with Gasteiger partial charge >= 0.3 is 0 Å². The van der Waals surface area contributed by atoms with Crippen molar-refractivity contribution in [2.75, 3.05) is 24.7 Å². The van der Waals surface area contributed by atoms with E-state index in [1.165, 1.54) is 18.5 Å². The molecule has 2 aromatic heterocycles. The Morgan fingerprint density at radius 1 is 1.03 bits per heavy atom. The molecule has 0 spiro atoms. The highest BCUT2D eigenvalue weighted by atomic mass is 32.2. The topological polar surface area (TPSA) is 122 Å². The van der Waals surface area contributed by atoms with E-state index in [-0.39, 0.29) is 27.6 Å². The Morgan fingerprint density at radius 2 is 1.75 bits per heavy atom. The second kappa shape index (κ2) is 9.71. The minimum absolute atomic E-state index is 0.0570. The lowest BCUT2D eigenvalue weighted by molar-refractivity contribution is 0.311. The van der Waals surface area contributed by atoms with Crippen LogP contribution in [0.5, 0.6) is 0 Å². The summed E-state index contributed by atoms with van der Waals surface area (Å²) in [6, 6.07) is 3.62. The van der Waals surface area contributed by atoms with Gasteiger partial charge in [-0.3, -0.25) is 0 Å². The molecule has 0 bridgehead atoms. The summed E-state index contributed by atoms with van der Waals surface area (Å²) >= 11 is 0. The smallest absolute Gasteiger partial charge is 0.216 e. The molecular weight excluding hydrogens is 507 g/mol. The van der Waals surface area contributed by atoms with Gasteiger partial charge in [-0.05, 0) is 49.8 Å². The molecule has 194 valence electrons. The summed E-state index contributed by atoms with van der Waals surface area (Å²) in [7, 11) is -6.81. The fraction of sp³-hybridized carbons (Fsp3) is 0.500. The molecule has 36 heavy (non-hydrogen) atoms. The van der Waals surface area contributed by atoms with Crippen LogP contribution in [-0.2, 0) is 19.9 Å². The number of sulfonamides is 1. The number of piperidine rings is 1. The van der Waals surface area contributed by atoms with Crippen LogP contribution in [0.25, 0.3) is 11.1 Å². The third-order valence-corrected chi connectivity index (χ3v) is 10.7. The lowest BCUT2D eigenvalue weighted by Crippen LogP contribution is -2.43. The predicted molar refractivity (Wildman–Crippen MR) is 134 cm³/mol. The molecule has 1 aliphatic carbocycles. The summed E-state index contributed by atoms with van der Waals surface area (Å²) in [6.45, 7) is 0.925. The second-order valence-corrected chi connectivity index (χ2v) is 13.8. The Morgan fingerprint density at radius 3 is 2.42 bits per heavy atom. The lowest BCUT2D eigenvalue weighted by Gasteiger charge is -2.34. The van der Waals surface area contributed by atoms with Crippen molar-refractivity contribution >= 4 is 42.5 Å². The number of anilines is 2. The van der Waals surface area contributed by atoms with Gasteiger partial charge in [0, 0.05) is 24.9 Å². The molecule has 2 aliphatic rings. The number of aromatic nitrogens is 2. The van der Waals surface area contributed by atoms with Gasteiger partial charge in [-0.1, -0.05) is 19.3 Å². The van der Waals surface area contributed by atoms with Crippen LogP contribution in [-0.4, -0.2) is 55.7 Å². The van der Waals surface area contributed by atoms with Crippen LogP contribution in [0, 0.1) is 5.82 Å². The molecule has 2 fully saturated rings. The molecule has 0 radical (unpaired) electrons. The van der Waals surface area contributed by atoms with E-state index in [2.05, 4.69) is 15.3 Å². The number of fused-ring (bicyclic) bond motifs is 1. The number of halogens is 1. The van der Waals surface area contributed by atoms with Gasteiger partial charge in [-0.25, -0.2) is 35.5 Å². The quantitative estimate of drug-likeness (QED) is 0.493. The zero-order valence-electron chi connectivity index (χ0n) is 20.0. The van der Waals surface area contributed by atoms with E-state index in [9.17, 15) is 21.2 Å². The maximum Gasteiger partial charge on any atom is 0.216 e. The molecule has 3 heterocycles. The first-order valence-corrected chi connectivity index (χ1v) is 15.5. The van der Waals surface area contributed by atoms with Crippen molar-refractivity contribution in [3.05, 3.63) is 42.2 Å². The summed E-state index contributed by atoms with van der Waals surface area (Å²) in [5.74, 6) is -0.393. The lowest BCUT2D eigenvalue weighted by atomic mass is 9.91. The number of sulfone groups is 1. The third kappa shape index (κ3) is 4.85. The van der Waals surface area contributed by atoms with E-state index >= 15 is 0 Å². The van der Waals surface area contributed by atoms with E-state index in [4.69, 9.17) is 4.42 Å². The number of hydrogen-bond donors (Lipinski definition) is 1. The molecule has 0 atom stereocenters. The zero-order valence-corrected chi connectivity index (χ0v) is 21.6. The maximum absolute atomic E-state index is 14.6. The summed E-state index contributed by atoms with van der Waals surface area (Å²) in [5, 5.41) is 2.61. The van der Waals surface area contributed by atoms with E-state index in [1.54, 1.807) is 10.6 Å². The Balaban J connectivity index is 1.33. The number of nitrogens with one attached hydrogen (secondary N) is 1. The number of rotatable bonds is 6. The largest absolute Gasteiger partial charge is 0.458 e. The number of furan rings is 1. The molecule has 1 saturated heterocycles. The Bertz CT molecular complexity index is 1480. The van der Waals surface area contributed by atoms with Gasteiger partial charge in [0.05, 0.1) is 22.1 Å². The SMILES string of the molecule is CS(=O)(=O)c1ccc(Nc2ncnc3c(C4CCN(S(=O)(=O)C5CCCCC5)CC4)coc23)c(F)c1. The van der Waals surface area contributed by atoms with Gasteiger partial charge in [0.15, 0.2) is 21.2 Å².